The third kappa shape index (κ3) is 3.46. The van der Waals surface area contributed by atoms with E-state index in [4.69, 9.17) is 4.98 Å². The van der Waals surface area contributed by atoms with Gasteiger partial charge in [-0.2, -0.15) is 5.10 Å². The molecule has 0 spiro atoms. The predicted molar refractivity (Wildman–Crippen MR) is 99.0 cm³/mol. The van der Waals surface area contributed by atoms with Crippen LogP contribution in [-0.2, 0) is 4.79 Å². The molecule has 25 heavy (non-hydrogen) atoms. The molecule has 1 saturated heterocycles. The van der Waals surface area contributed by atoms with E-state index in [2.05, 4.69) is 18.9 Å². The van der Waals surface area contributed by atoms with Gasteiger partial charge in [-0.05, 0) is 44.9 Å². The number of nitrogens with zero attached hydrogens (tertiary/aromatic N) is 4. The SMILES string of the molecule is CC(C)n1nccc1-c1cccc(C2CCCN2C(=O)C(C)(C)C)n1. The molecule has 0 N–H and O–H groups in total. The summed E-state index contributed by atoms with van der Waals surface area (Å²) in [6.07, 6.45) is 3.82. The van der Waals surface area contributed by atoms with Crippen molar-refractivity contribution in [2.24, 2.45) is 5.41 Å². The van der Waals surface area contributed by atoms with Crippen molar-refractivity contribution in [3.05, 3.63) is 36.2 Å². The summed E-state index contributed by atoms with van der Waals surface area (Å²) < 4.78 is 1.98. The van der Waals surface area contributed by atoms with Gasteiger partial charge in [-0.1, -0.05) is 26.8 Å². The minimum Gasteiger partial charge on any atom is -0.334 e. The maximum atomic E-state index is 12.8. The number of carbonyl (C=O) groups is 1. The van der Waals surface area contributed by atoms with Gasteiger partial charge in [0, 0.05) is 24.2 Å². The highest BCUT2D eigenvalue weighted by Gasteiger charge is 2.36. The smallest absolute Gasteiger partial charge is 0.228 e. The van der Waals surface area contributed by atoms with E-state index in [1.165, 1.54) is 0 Å². The highest BCUT2D eigenvalue weighted by atomic mass is 16.2. The van der Waals surface area contributed by atoms with Crippen LogP contribution in [0.5, 0.6) is 0 Å². The number of hydrogen-bond donors (Lipinski definition) is 0. The molecule has 2 aromatic rings. The zero-order chi connectivity index (χ0) is 18.2. The maximum Gasteiger partial charge on any atom is 0.228 e. The molecule has 1 unspecified atom stereocenters. The Labute approximate surface area is 150 Å². The van der Waals surface area contributed by atoms with E-state index in [0.717, 1.165) is 36.5 Å². The second-order valence-corrected chi connectivity index (χ2v) is 8.11. The zero-order valence-corrected chi connectivity index (χ0v) is 15.9. The van der Waals surface area contributed by atoms with Crippen LogP contribution in [0.15, 0.2) is 30.5 Å². The first-order valence-corrected chi connectivity index (χ1v) is 9.11. The molecule has 0 saturated carbocycles. The quantitative estimate of drug-likeness (QED) is 0.840. The molecule has 1 fully saturated rings. The van der Waals surface area contributed by atoms with Crippen molar-refractivity contribution in [2.45, 2.75) is 59.5 Å². The molecule has 0 bridgehead atoms. The normalized spacial score (nSPS) is 18.2. The number of carbonyl (C=O) groups excluding carboxylic acids is 1. The van der Waals surface area contributed by atoms with Gasteiger partial charge in [0.1, 0.15) is 0 Å². The highest BCUT2D eigenvalue weighted by Crippen LogP contribution is 2.35. The van der Waals surface area contributed by atoms with Crippen LogP contribution in [0.2, 0.25) is 0 Å². The maximum absolute atomic E-state index is 12.8. The third-order valence-corrected chi connectivity index (χ3v) is 4.69. The van der Waals surface area contributed by atoms with Gasteiger partial charge < -0.3 is 4.90 Å². The molecule has 0 aliphatic carbocycles. The topological polar surface area (TPSA) is 51.0 Å². The molecule has 1 amide bonds. The molecule has 5 heteroatoms. The van der Waals surface area contributed by atoms with Gasteiger partial charge in [-0.25, -0.2) is 4.98 Å². The van der Waals surface area contributed by atoms with Gasteiger partial charge in [-0.15, -0.1) is 0 Å². The monoisotopic (exact) mass is 340 g/mol. The number of amides is 1. The summed E-state index contributed by atoms with van der Waals surface area (Å²) in [6, 6.07) is 8.44. The Balaban J connectivity index is 1.94. The van der Waals surface area contributed by atoms with Gasteiger partial charge in [0.2, 0.25) is 5.91 Å². The molecule has 134 valence electrons. The van der Waals surface area contributed by atoms with E-state index in [1.54, 1.807) is 0 Å². The summed E-state index contributed by atoms with van der Waals surface area (Å²) in [5.41, 5.74) is 2.54. The molecular formula is C20H28N4O. The van der Waals surface area contributed by atoms with Gasteiger partial charge in [0.05, 0.1) is 23.1 Å². The second-order valence-electron chi connectivity index (χ2n) is 8.11. The molecule has 2 aromatic heterocycles. The first kappa shape index (κ1) is 17.6. The number of aromatic nitrogens is 3. The van der Waals surface area contributed by atoms with Gasteiger partial charge in [0.25, 0.3) is 0 Å². The van der Waals surface area contributed by atoms with Gasteiger partial charge >= 0.3 is 0 Å². The molecule has 1 aliphatic heterocycles. The van der Waals surface area contributed by atoms with Crippen molar-refractivity contribution in [1.82, 2.24) is 19.7 Å². The Kier molecular flexibility index (Phi) is 4.67. The minimum absolute atomic E-state index is 0.0714. The molecular weight excluding hydrogens is 312 g/mol. The van der Waals surface area contributed by atoms with Gasteiger partial charge in [0.15, 0.2) is 0 Å². The molecule has 5 nitrogen and oxygen atoms in total. The van der Waals surface area contributed by atoms with Crippen LogP contribution < -0.4 is 0 Å². The highest BCUT2D eigenvalue weighted by molar-refractivity contribution is 5.82. The van der Waals surface area contributed by atoms with Crippen LogP contribution in [0.3, 0.4) is 0 Å². The fourth-order valence-corrected chi connectivity index (χ4v) is 3.46. The number of pyridine rings is 1. The van der Waals surface area contributed by atoms with Crippen molar-refractivity contribution in [1.29, 1.82) is 0 Å². The standard InChI is InChI=1S/C20H28N4O/c1-14(2)24-18(11-12-21-24)16-9-6-8-15(22-16)17-10-7-13-23(17)19(25)20(3,4)5/h6,8-9,11-12,14,17H,7,10,13H2,1-5H3. The summed E-state index contributed by atoms with van der Waals surface area (Å²) >= 11 is 0. The van der Waals surface area contributed by atoms with Crippen molar-refractivity contribution >= 4 is 5.91 Å². The summed E-state index contributed by atoms with van der Waals surface area (Å²) in [4.78, 5) is 19.7. The predicted octanol–water partition coefficient (Wildman–Crippen LogP) is 4.24. The Morgan fingerprint density at radius 2 is 2.00 bits per heavy atom. The third-order valence-electron chi connectivity index (χ3n) is 4.69. The zero-order valence-electron chi connectivity index (χ0n) is 15.9. The Hall–Kier alpha value is -2.17. The van der Waals surface area contributed by atoms with E-state index < -0.39 is 0 Å². The fraction of sp³-hybridized carbons (Fsp3) is 0.550. The summed E-state index contributed by atoms with van der Waals surface area (Å²) in [7, 11) is 0. The van der Waals surface area contributed by atoms with E-state index in [-0.39, 0.29) is 23.4 Å². The van der Waals surface area contributed by atoms with Crippen LogP contribution in [0.4, 0.5) is 0 Å². The first-order valence-electron chi connectivity index (χ1n) is 9.11. The number of rotatable bonds is 3. The molecule has 3 rings (SSSR count). The van der Waals surface area contributed by atoms with Crippen molar-refractivity contribution in [3.8, 4) is 11.4 Å². The van der Waals surface area contributed by atoms with Crippen LogP contribution in [0, 0.1) is 5.41 Å². The van der Waals surface area contributed by atoms with Crippen LogP contribution in [0.25, 0.3) is 11.4 Å². The van der Waals surface area contributed by atoms with Gasteiger partial charge in [-0.3, -0.25) is 9.48 Å². The van der Waals surface area contributed by atoms with E-state index in [0.29, 0.717) is 0 Å². The lowest BCUT2D eigenvalue weighted by Gasteiger charge is -2.30. The van der Waals surface area contributed by atoms with Crippen LogP contribution in [0.1, 0.15) is 65.2 Å². The summed E-state index contributed by atoms with van der Waals surface area (Å²) in [5.74, 6) is 0.203. The minimum atomic E-state index is -0.365. The fourth-order valence-electron chi connectivity index (χ4n) is 3.46. The first-order chi connectivity index (χ1) is 11.8. The van der Waals surface area contributed by atoms with E-state index in [1.807, 2.05) is 60.8 Å². The largest absolute Gasteiger partial charge is 0.334 e. The second kappa shape index (κ2) is 6.62. The molecule has 3 heterocycles. The summed E-state index contributed by atoms with van der Waals surface area (Å²) in [6.45, 7) is 11.0. The molecule has 0 radical (unpaired) electrons. The van der Waals surface area contributed by atoms with Crippen LogP contribution >= 0.6 is 0 Å². The van der Waals surface area contributed by atoms with Crippen LogP contribution in [-0.4, -0.2) is 32.1 Å². The molecule has 1 atom stereocenters. The Morgan fingerprint density at radius 1 is 1.24 bits per heavy atom. The average molecular weight is 340 g/mol. The number of likely N-dealkylation sites (tertiary alicyclic amines) is 1. The lowest BCUT2D eigenvalue weighted by molar-refractivity contribution is -0.140. The lowest BCUT2D eigenvalue weighted by atomic mass is 9.94. The average Bonchev–Trinajstić information content (AvgIpc) is 3.22. The Bertz CT molecular complexity index is 757. The van der Waals surface area contributed by atoms with E-state index >= 15 is 0 Å². The number of hydrogen-bond acceptors (Lipinski definition) is 3. The lowest BCUT2D eigenvalue weighted by Crippen LogP contribution is -2.39. The summed E-state index contributed by atoms with van der Waals surface area (Å²) in [5, 5.41) is 4.41. The van der Waals surface area contributed by atoms with E-state index in [9.17, 15) is 4.79 Å². The molecule has 1 aliphatic rings. The van der Waals surface area contributed by atoms with Crippen molar-refractivity contribution < 1.29 is 4.79 Å². The van der Waals surface area contributed by atoms with Crippen molar-refractivity contribution in [3.63, 3.8) is 0 Å². The Morgan fingerprint density at radius 3 is 2.68 bits per heavy atom. The van der Waals surface area contributed by atoms with Crippen molar-refractivity contribution in [2.75, 3.05) is 6.54 Å². The molecule has 0 aromatic carbocycles.